The molecular weight excluding hydrogens is 601 g/mol. The second kappa shape index (κ2) is 10.0. The molecule has 9 aromatic rings. The molecule has 5 heteroatoms. The Labute approximate surface area is 279 Å². The Morgan fingerprint density at radius 3 is 1.92 bits per heavy atom. The van der Waals surface area contributed by atoms with Crippen LogP contribution >= 0.6 is 0 Å². The second-order valence-corrected chi connectivity index (χ2v) is 18.6. The van der Waals surface area contributed by atoms with Crippen molar-refractivity contribution in [1.82, 2.24) is 19.5 Å². The van der Waals surface area contributed by atoms with Gasteiger partial charge in [-0.1, -0.05) is 6.07 Å². The molecule has 0 fully saturated rings. The van der Waals surface area contributed by atoms with Crippen molar-refractivity contribution in [3.63, 3.8) is 0 Å². The maximum atomic E-state index is 5.32. The van der Waals surface area contributed by atoms with Gasteiger partial charge in [-0.05, 0) is 0 Å². The van der Waals surface area contributed by atoms with Gasteiger partial charge >= 0.3 is 274 Å². The molecule has 0 saturated heterocycles. The second-order valence-electron chi connectivity index (χ2n) is 13.6. The van der Waals surface area contributed by atoms with Gasteiger partial charge in [0.15, 0.2) is 0 Å². The van der Waals surface area contributed by atoms with Crippen molar-refractivity contribution >= 4 is 61.8 Å². The van der Waals surface area contributed by atoms with E-state index in [2.05, 4.69) is 145 Å². The number of benzene rings is 7. The summed E-state index contributed by atoms with van der Waals surface area (Å²) in [4.78, 5) is 15.7. The molecule has 10 rings (SSSR count). The molecule has 3 heterocycles. The topological polar surface area (TPSA) is 43.6 Å². The molecule has 4 nitrogen and oxygen atoms in total. The molecule has 0 atom stereocenters. The summed E-state index contributed by atoms with van der Waals surface area (Å²) in [6.45, 7) is 5.01. The first kappa shape index (κ1) is 27.2. The first-order chi connectivity index (χ1) is 23.5. The summed E-state index contributed by atoms with van der Waals surface area (Å²) in [5.74, 6) is 1.93. The van der Waals surface area contributed by atoms with Crippen LogP contribution in [0.5, 0.6) is 0 Å². The van der Waals surface area contributed by atoms with E-state index in [4.69, 9.17) is 15.0 Å². The molecule has 48 heavy (non-hydrogen) atoms. The molecule has 0 radical (unpaired) electrons. The Hall–Kier alpha value is -5.91. The monoisotopic (exact) mass is 631 g/mol. The Kier molecular flexibility index (Phi) is 5.70. The first-order valence-corrected chi connectivity index (χ1v) is 20.2. The molecule has 0 bridgehead atoms. The van der Waals surface area contributed by atoms with Gasteiger partial charge in [0, 0.05) is 0 Å². The van der Waals surface area contributed by atoms with Crippen LogP contribution in [0.15, 0.2) is 146 Å². The SMILES string of the molecule is C[SiH-]1(C)c2ccccc2-c2cc3c(cc21)c1cc2ccccc2cc1n3-c1nc(-c2ccccc2)nc(-c2cccc3ccccc23)n1. The Balaban J connectivity index is 1.34. The average Bonchev–Trinajstić information content (AvgIpc) is 3.56. The number of hydrogen-bond donors (Lipinski definition) is 0. The average molecular weight is 632 g/mol. The van der Waals surface area contributed by atoms with Crippen LogP contribution in [0.3, 0.4) is 0 Å². The van der Waals surface area contributed by atoms with Crippen molar-refractivity contribution < 1.29 is 0 Å². The van der Waals surface area contributed by atoms with Gasteiger partial charge in [-0.3, -0.25) is 0 Å². The van der Waals surface area contributed by atoms with Crippen molar-refractivity contribution in [3.05, 3.63) is 146 Å². The van der Waals surface area contributed by atoms with Gasteiger partial charge in [0.05, 0.1) is 0 Å². The standard InChI is InChI=1S/C43H31N4Si/c1-48(2)39-22-11-10-20-32(39)36-25-38-35(26-40(36)48)34-23-29-16-6-7-17-30(29)24-37(34)47(38)43-45-41(28-14-4-3-5-15-28)44-42(46-43)33-21-12-18-27-13-8-9-19-31(27)33/h3-26,48H,1-2H3/q-1. The summed E-state index contributed by atoms with van der Waals surface area (Å²) in [7, 11) is -2.25. The van der Waals surface area contributed by atoms with E-state index < -0.39 is 8.07 Å². The van der Waals surface area contributed by atoms with E-state index in [0.29, 0.717) is 17.6 Å². The van der Waals surface area contributed by atoms with Gasteiger partial charge in [-0.25, -0.2) is 0 Å². The molecule has 2 aromatic heterocycles. The fraction of sp³-hybridized carbons (Fsp3) is 0.0465. The number of aromatic nitrogens is 4. The fourth-order valence-corrected chi connectivity index (χ4v) is 11.6. The van der Waals surface area contributed by atoms with Crippen molar-refractivity contribution in [2.45, 2.75) is 13.1 Å². The van der Waals surface area contributed by atoms with E-state index in [-0.39, 0.29) is 0 Å². The third-order valence-electron chi connectivity index (χ3n) is 10.5. The maximum absolute atomic E-state index is 5.32. The van der Waals surface area contributed by atoms with Crippen LogP contribution in [0.1, 0.15) is 0 Å². The number of rotatable bonds is 3. The van der Waals surface area contributed by atoms with E-state index in [1.165, 1.54) is 43.0 Å². The zero-order valence-electron chi connectivity index (χ0n) is 26.7. The molecule has 1 aliphatic rings. The van der Waals surface area contributed by atoms with Gasteiger partial charge in [0.1, 0.15) is 0 Å². The summed E-state index contributed by atoms with van der Waals surface area (Å²) >= 11 is 0. The summed E-state index contributed by atoms with van der Waals surface area (Å²) in [5.41, 5.74) is 6.86. The molecule has 1 aliphatic heterocycles. The van der Waals surface area contributed by atoms with Crippen molar-refractivity contribution in [2.24, 2.45) is 0 Å². The minimum absolute atomic E-state index is 0.618. The van der Waals surface area contributed by atoms with Gasteiger partial charge in [-0.15, -0.1) is 0 Å². The molecule has 228 valence electrons. The van der Waals surface area contributed by atoms with Gasteiger partial charge < -0.3 is 0 Å². The van der Waals surface area contributed by atoms with E-state index in [1.807, 2.05) is 18.2 Å². The van der Waals surface area contributed by atoms with Crippen LogP contribution in [-0.4, -0.2) is 27.6 Å². The zero-order chi connectivity index (χ0) is 32.0. The Morgan fingerprint density at radius 1 is 0.438 bits per heavy atom. The molecular formula is C43H31N4Si-. The van der Waals surface area contributed by atoms with Gasteiger partial charge in [-0.2, -0.15) is 0 Å². The van der Waals surface area contributed by atoms with Crippen LogP contribution in [-0.2, 0) is 0 Å². The quantitative estimate of drug-likeness (QED) is 0.183. The molecule has 0 saturated carbocycles. The van der Waals surface area contributed by atoms with E-state index in [1.54, 1.807) is 0 Å². The predicted octanol–water partition coefficient (Wildman–Crippen LogP) is 9.14. The molecule has 0 amide bonds. The third kappa shape index (κ3) is 3.91. The third-order valence-corrected chi connectivity index (χ3v) is 14.6. The minimum atomic E-state index is -2.25. The number of hydrogen-bond acceptors (Lipinski definition) is 3. The summed E-state index contributed by atoms with van der Waals surface area (Å²) < 4.78 is 2.28. The van der Waals surface area contributed by atoms with Crippen molar-refractivity contribution in [2.75, 3.05) is 0 Å². The zero-order valence-corrected chi connectivity index (χ0v) is 27.9. The summed E-state index contributed by atoms with van der Waals surface area (Å²) in [5, 5.41) is 10.2. The van der Waals surface area contributed by atoms with Crippen molar-refractivity contribution in [1.29, 1.82) is 0 Å². The Bertz CT molecular complexity index is 2760. The molecule has 0 N–H and O–H groups in total. The van der Waals surface area contributed by atoms with Gasteiger partial charge in [0.2, 0.25) is 0 Å². The van der Waals surface area contributed by atoms with E-state index >= 15 is 0 Å². The van der Waals surface area contributed by atoms with Crippen LogP contribution in [0.25, 0.3) is 83.2 Å². The van der Waals surface area contributed by atoms with E-state index in [0.717, 1.165) is 32.9 Å². The number of nitrogens with zero attached hydrogens (tertiary/aromatic N) is 4. The van der Waals surface area contributed by atoms with Crippen molar-refractivity contribution in [3.8, 4) is 39.9 Å². The first-order valence-electron chi connectivity index (χ1n) is 16.7. The van der Waals surface area contributed by atoms with Gasteiger partial charge in [0.25, 0.3) is 0 Å². The van der Waals surface area contributed by atoms with Crippen LogP contribution in [0.2, 0.25) is 13.1 Å². The van der Waals surface area contributed by atoms with Crippen LogP contribution in [0.4, 0.5) is 0 Å². The normalized spacial score (nSPS) is 14.0. The summed E-state index contributed by atoms with van der Waals surface area (Å²) in [6.07, 6.45) is 0. The number of fused-ring (bicyclic) bond motifs is 8. The van der Waals surface area contributed by atoms with E-state index in [9.17, 15) is 0 Å². The predicted molar refractivity (Wildman–Crippen MR) is 204 cm³/mol. The fourth-order valence-electron chi connectivity index (χ4n) is 8.07. The van der Waals surface area contributed by atoms with Crippen LogP contribution < -0.4 is 10.4 Å². The molecule has 0 spiro atoms. The molecule has 7 aromatic carbocycles. The molecule has 0 aliphatic carbocycles. The summed E-state index contributed by atoms with van der Waals surface area (Å²) in [6, 6.07) is 52.2. The van der Waals surface area contributed by atoms with Crippen LogP contribution in [0, 0.1) is 0 Å². The Morgan fingerprint density at radius 2 is 1.06 bits per heavy atom. The molecule has 0 unspecified atom stereocenters.